The van der Waals surface area contributed by atoms with E-state index in [1.165, 1.54) is 30.6 Å². The maximum atomic E-state index is 4.46. The van der Waals surface area contributed by atoms with Gasteiger partial charge in [-0.3, -0.25) is 0 Å². The third-order valence-corrected chi connectivity index (χ3v) is 3.51. The first-order valence-corrected chi connectivity index (χ1v) is 6.89. The number of rotatable bonds is 3. The highest BCUT2D eigenvalue weighted by Crippen LogP contribution is 2.13. The zero-order valence-corrected chi connectivity index (χ0v) is 11.2. The van der Waals surface area contributed by atoms with Crippen molar-refractivity contribution in [2.45, 2.75) is 19.8 Å². The molecule has 102 valence electrons. The van der Waals surface area contributed by atoms with E-state index in [0.717, 1.165) is 25.5 Å². The second-order valence-electron chi connectivity index (χ2n) is 4.90. The van der Waals surface area contributed by atoms with Gasteiger partial charge in [-0.2, -0.15) is 0 Å². The van der Waals surface area contributed by atoms with Crippen molar-refractivity contribution in [2.24, 2.45) is 0 Å². The highest BCUT2D eigenvalue weighted by Gasteiger charge is 2.16. The van der Waals surface area contributed by atoms with Crippen molar-refractivity contribution in [1.82, 2.24) is 30.2 Å². The molecule has 2 aromatic heterocycles. The number of anilines is 1. The first kappa shape index (κ1) is 12.3. The molecule has 0 unspecified atom stereocenters. The molecule has 19 heavy (non-hydrogen) atoms. The van der Waals surface area contributed by atoms with Gasteiger partial charge in [0.1, 0.15) is 0 Å². The van der Waals surface area contributed by atoms with Crippen molar-refractivity contribution in [3.8, 4) is 0 Å². The standard InChI is InChI=1S/C12H19N7/c1-2-6-17-7-3-8-18(10-9-17)12-5-4-11-13-15-16-19(11)14-12/h4-5H,2-3,6-10H2,1H3. The first-order chi connectivity index (χ1) is 9.36. The molecule has 0 bridgehead atoms. The summed E-state index contributed by atoms with van der Waals surface area (Å²) in [6.07, 6.45) is 2.39. The summed E-state index contributed by atoms with van der Waals surface area (Å²) >= 11 is 0. The van der Waals surface area contributed by atoms with Crippen LogP contribution in [0.1, 0.15) is 19.8 Å². The van der Waals surface area contributed by atoms with Crippen LogP contribution in [0.15, 0.2) is 12.1 Å². The fraction of sp³-hybridized carbons (Fsp3) is 0.667. The average molecular weight is 261 g/mol. The minimum Gasteiger partial charge on any atom is -0.354 e. The van der Waals surface area contributed by atoms with Crippen LogP contribution >= 0.6 is 0 Å². The molecular formula is C12H19N7. The summed E-state index contributed by atoms with van der Waals surface area (Å²) in [5, 5.41) is 15.8. The van der Waals surface area contributed by atoms with E-state index in [9.17, 15) is 0 Å². The molecule has 0 atom stereocenters. The lowest BCUT2D eigenvalue weighted by atomic mass is 10.3. The number of fused-ring (bicyclic) bond motifs is 1. The summed E-state index contributed by atoms with van der Waals surface area (Å²) in [7, 11) is 0. The van der Waals surface area contributed by atoms with E-state index < -0.39 is 0 Å². The maximum Gasteiger partial charge on any atom is 0.200 e. The predicted molar refractivity (Wildman–Crippen MR) is 72.1 cm³/mol. The molecule has 3 rings (SSSR count). The number of tetrazole rings is 1. The third-order valence-electron chi connectivity index (χ3n) is 3.51. The minimum absolute atomic E-state index is 0.686. The van der Waals surface area contributed by atoms with Gasteiger partial charge in [0.25, 0.3) is 0 Å². The zero-order chi connectivity index (χ0) is 13.1. The number of hydrogen-bond acceptors (Lipinski definition) is 6. The smallest absolute Gasteiger partial charge is 0.200 e. The molecule has 0 aromatic carbocycles. The minimum atomic E-state index is 0.686. The molecule has 7 nitrogen and oxygen atoms in total. The quantitative estimate of drug-likeness (QED) is 0.799. The predicted octanol–water partition coefficient (Wildman–Crippen LogP) is 0.441. The van der Waals surface area contributed by atoms with E-state index >= 15 is 0 Å². The van der Waals surface area contributed by atoms with Gasteiger partial charge in [-0.15, -0.1) is 14.8 Å². The number of hydrogen-bond donors (Lipinski definition) is 0. The van der Waals surface area contributed by atoms with Gasteiger partial charge in [-0.25, -0.2) is 0 Å². The van der Waals surface area contributed by atoms with Crippen LogP contribution in [0, 0.1) is 0 Å². The lowest BCUT2D eigenvalue weighted by Crippen LogP contribution is -2.31. The summed E-state index contributed by atoms with van der Waals surface area (Å²) in [6, 6.07) is 3.91. The van der Waals surface area contributed by atoms with E-state index in [1.807, 2.05) is 12.1 Å². The molecule has 1 saturated heterocycles. The topological polar surface area (TPSA) is 62.5 Å². The van der Waals surface area contributed by atoms with Crippen LogP contribution in [-0.2, 0) is 0 Å². The summed E-state index contributed by atoms with van der Waals surface area (Å²) < 4.78 is 1.49. The summed E-state index contributed by atoms with van der Waals surface area (Å²) in [5.74, 6) is 0.957. The van der Waals surface area contributed by atoms with Crippen molar-refractivity contribution < 1.29 is 0 Å². The van der Waals surface area contributed by atoms with E-state index in [0.29, 0.717) is 5.65 Å². The van der Waals surface area contributed by atoms with Gasteiger partial charge in [0.15, 0.2) is 11.5 Å². The van der Waals surface area contributed by atoms with Crippen LogP contribution in [0.3, 0.4) is 0 Å². The second kappa shape index (κ2) is 5.48. The molecule has 0 saturated carbocycles. The Morgan fingerprint density at radius 2 is 2.11 bits per heavy atom. The van der Waals surface area contributed by atoms with Crippen molar-refractivity contribution in [3.63, 3.8) is 0 Å². The van der Waals surface area contributed by atoms with Crippen LogP contribution < -0.4 is 4.90 Å². The van der Waals surface area contributed by atoms with Crippen molar-refractivity contribution >= 4 is 11.5 Å². The zero-order valence-electron chi connectivity index (χ0n) is 11.2. The van der Waals surface area contributed by atoms with Crippen LogP contribution in [0.4, 0.5) is 5.82 Å². The van der Waals surface area contributed by atoms with Gasteiger partial charge in [0, 0.05) is 19.6 Å². The van der Waals surface area contributed by atoms with Crippen LogP contribution in [0.5, 0.6) is 0 Å². The van der Waals surface area contributed by atoms with Gasteiger partial charge >= 0.3 is 0 Å². The lowest BCUT2D eigenvalue weighted by Gasteiger charge is -2.22. The Bertz CT molecular complexity index is 538. The Morgan fingerprint density at radius 3 is 3.00 bits per heavy atom. The molecule has 0 amide bonds. The molecular weight excluding hydrogens is 242 g/mol. The van der Waals surface area contributed by atoms with Crippen LogP contribution in [0.2, 0.25) is 0 Å². The Balaban J connectivity index is 1.74. The van der Waals surface area contributed by atoms with Gasteiger partial charge in [0.05, 0.1) is 0 Å². The number of nitrogens with zero attached hydrogens (tertiary/aromatic N) is 7. The summed E-state index contributed by atoms with van der Waals surface area (Å²) in [6.45, 7) is 7.76. The Morgan fingerprint density at radius 1 is 1.16 bits per heavy atom. The monoisotopic (exact) mass is 261 g/mol. The highest BCUT2D eigenvalue weighted by molar-refractivity contribution is 5.44. The third kappa shape index (κ3) is 2.65. The fourth-order valence-electron chi connectivity index (χ4n) is 2.55. The molecule has 1 aliphatic rings. The van der Waals surface area contributed by atoms with E-state index in [4.69, 9.17) is 0 Å². The maximum absolute atomic E-state index is 4.46. The Labute approximate surface area is 112 Å². The van der Waals surface area contributed by atoms with Crippen molar-refractivity contribution in [1.29, 1.82) is 0 Å². The van der Waals surface area contributed by atoms with Gasteiger partial charge in [-0.05, 0) is 48.5 Å². The van der Waals surface area contributed by atoms with Gasteiger partial charge in [0.2, 0.25) is 0 Å². The summed E-state index contributed by atoms with van der Waals surface area (Å²) in [5.41, 5.74) is 0.686. The lowest BCUT2D eigenvalue weighted by molar-refractivity contribution is 0.294. The van der Waals surface area contributed by atoms with E-state index in [1.54, 1.807) is 0 Å². The molecule has 1 fully saturated rings. The average Bonchev–Trinajstić information content (AvgIpc) is 2.77. The molecule has 0 N–H and O–H groups in total. The van der Waals surface area contributed by atoms with E-state index in [-0.39, 0.29) is 0 Å². The molecule has 3 heterocycles. The van der Waals surface area contributed by atoms with Crippen molar-refractivity contribution in [2.75, 3.05) is 37.6 Å². The normalized spacial score (nSPS) is 17.8. The van der Waals surface area contributed by atoms with E-state index in [2.05, 4.69) is 37.3 Å². The Hall–Kier alpha value is -1.76. The molecule has 1 aliphatic heterocycles. The van der Waals surface area contributed by atoms with Crippen LogP contribution in [0.25, 0.3) is 5.65 Å². The number of aromatic nitrogens is 5. The van der Waals surface area contributed by atoms with Crippen LogP contribution in [-0.4, -0.2) is 62.9 Å². The SMILES string of the molecule is CCCN1CCCN(c2ccc3nnnn3n2)CC1. The molecule has 7 heteroatoms. The second-order valence-corrected chi connectivity index (χ2v) is 4.90. The molecule has 2 aromatic rings. The summed E-state index contributed by atoms with van der Waals surface area (Å²) in [4.78, 5) is 4.84. The largest absolute Gasteiger partial charge is 0.354 e. The van der Waals surface area contributed by atoms with Gasteiger partial charge < -0.3 is 9.80 Å². The molecule has 0 spiro atoms. The highest BCUT2D eigenvalue weighted by atomic mass is 15.6. The molecule has 0 radical (unpaired) electrons. The molecule has 0 aliphatic carbocycles. The fourth-order valence-corrected chi connectivity index (χ4v) is 2.55. The first-order valence-electron chi connectivity index (χ1n) is 6.89. The van der Waals surface area contributed by atoms with Gasteiger partial charge in [-0.1, -0.05) is 6.92 Å². The Kier molecular flexibility index (Phi) is 3.54. The van der Waals surface area contributed by atoms with Crippen molar-refractivity contribution in [3.05, 3.63) is 12.1 Å².